The molecule has 17 heavy (non-hydrogen) atoms. The Bertz CT molecular complexity index is 308. The molecule has 1 fully saturated rings. The number of anilines is 1. The first-order valence-electron chi connectivity index (χ1n) is 6.66. The summed E-state index contributed by atoms with van der Waals surface area (Å²) in [5.41, 5.74) is 1.10. The van der Waals surface area contributed by atoms with E-state index in [-0.39, 0.29) is 0 Å². The molecule has 0 atom stereocenters. The second-order valence-electron chi connectivity index (χ2n) is 3.92. The van der Waals surface area contributed by atoms with Gasteiger partial charge in [-0.1, -0.05) is 20.8 Å². The van der Waals surface area contributed by atoms with Crippen LogP contribution in [0.3, 0.4) is 0 Å². The number of hydrogen-bond donors (Lipinski definition) is 2. The Labute approximate surface area is 104 Å². The highest BCUT2D eigenvalue weighted by atomic mass is 15.0. The molecule has 0 radical (unpaired) electrons. The van der Waals surface area contributed by atoms with E-state index in [9.17, 15) is 0 Å². The molecule has 2 rings (SSSR count). The molecule has 0 unspecified atom stereocenters. The molecule has 1 aromatic heterocycles. The second-order valence-corrected chi connectivity index (χ2v) is 3.92. The zero-order valence-corrected chi connectivity index (χ0v) is 11.2. The maximum absolute atomic E-state index is 4.24. The van der Waals surface area contributed by atoms with Crippen LogP contribution < -0.4 is 10.6 Å². The van der Waals surface area contributed by atoms with Gasteiger partial charge in [0.1, 0.15) is 12.1 Å². The summed E-state index contributed by atoms with van der Waals surface area (Å²) in [5, 5.41) is 6.81. The van der Waals surface area contributed by atoms with Crippen molar-refractivity contribution in [3.8, 4) is 0 Å². The average Bonchev–Trinajstić information content (AvgIpc) is 2.42. The highest BCUT2D eigenvalue weighted by Crippen LogP contribution is 2.11. The minimum atomic E-state index is 0.561. The molecule has 1 aliphatic heterocycles. The molecule has 2 N–H and O–H groups in total. The van der Waals surface area contributed by atoms with Crippen molar-refractivity contribution in [3.63, 3.8) is 0 Å². The molecule has 2 heterocycles. The normalized spacial score (nSPS) is 15.9. The summed E-state index contributed by atoms with van der Waals surface area (Å²) in [7, 11) is 0. The van der Waals surface area contributed by atoms with Crippen molar-refractivity contribution in [2.45, 2.75) is 46.1 Å². The topological polar surface area (TPSA) is 49.8 Å². The Balaban J connectivity index is 0.000000686. The number of hydrogen-bond acceptors (Lipinski definition) is 4. The molecule has 1 aromatic rings. The smallest absolute Gasteiger partial charge is 0.129 e. The number of aromatic nitrogens is 2. The van der Waals surface area contributed by atoms with E-state index < -0.39 is 0 Å². The van der Waals surface area contributed by atoms with Gasteiger partial charge in [0, 0.05) is 17.8 Å². The number of nitrogens with zero attached hydrogens (tertiary/aromatic N) is 2. The molecule has 96 valence electrons. The summed E-state index contributed by atoms with van der Waals surface area (Å²) < 4.78 is 0. The molecule has 0 bridgehead atoms. The van der Waals surface area contributed by atoms with E-state index in [0.717, 1.165) is 31.0 Å². The minimum absolute atomic E-state index is 0.561. The highest BCUT2D eigenvalue weighted by Gasteiger charge is 2.12. The first kappa shape index (κ1) is 13.9. The predicted molar refractivity (Wildman–Crippen MR) is 72.3 cm³/mol. The molecular formula is C13H24N4. The van der Waals surface area contributed by atoms with E-state index in [2.05, 4.69) is 27.5 Å². The Morgan fingerprint density at radius 3 is 2.65 bits per heavy atom. The minimum Gasteiger partial charge on any atom is -0.367 e. The summed E-state index contributed by atoms with van der Waals surface area (Å²) >= 11 is 0. The molecule has 4 nitrogen and oxygen atoms in total. The van der Waals surface area contributed by atoms with Crippen molar-refractivity contribution >= 4 is 5.82 Å². The lowest BCUT2D eigenvalue weighted by Crippen LogP contribution is -2.35. The van der Waals surface area contributed by atoms with E-state index in [1.165, 1.54) is 12.8 Å². The molecule has 1 aliphatic rings. The van der Waals surface area contributed by atoms with Gasteiger partial charge in [-0.05, 0) is 32.4 Å². The molecule has 0 amide bonds. The van der Waals surface area contributed by atoms with Crippen LogP contribution in [0.5, 0.6) is 0 Å². The molecule has 4 heteroatoms. The van der Waals surface area contributed by atoms with Crippen LogP contribution in [0.4, 0.5) is 5.82 Å². The lowest BCUT2D eigenvalue weighted by Gasteiger charge is -2.24. The maximum atomic E-state index is 4.24. The van der Waals surface area contributed by atoms with E-state index in [0.29, 0.717) is 6.04 Å². The van der Waals surface area contributed by atoms with Crippen molar-refractivity contribution < 1.29 is 0 Å². The molecular weight excluding hydrogens is 212 g/mol. The first-order chi connectivity index (χ1) is 8.38. The van der Waals surface area contributed by atoms with Gasteiger partial charge in [0.15, 0.2) is 0 Å². The van der Waals surface area contributed by atoms with E-state index in [4.69, 9.17) is 0 Å². The molecule has 0 aliphatic carbocycles. The van der Waals surface area contributed by atoms with Crippen molar-refractivity contribution in [2.24, 2.45) is 0 Å². The Morgan fingerprint density at radius 2 is 2.00 bits per heavy atom. The third-order valence-electron chi connectivity index (χ3n) is 2.78. The first-order valence-corrected chi connectivity index (χ1v) is 6.66. The quantitative estimate of drug-likeness (QED) is 0.845. The van der Waals surface area contributed by atoms with Gasteiger partial charge < -0.3 is 10.6 Å². The summed E-state index contributed by atoms with van der Waals surface area (Å²) in [4.78, 5) is 8.43. The summed E-state index contributed by atoms with van der Waals surface area (Å²) in [6.45, 7) is 8.31. The van der Waals surface area contributed by atoms with Crippen molar-refractivity contribution in [1.29, 1.82) is 0 Å². The van der Waals surface area contributed by atoms with Crippen LogP contribution in [0.25, 0.3) is 0 Å². The van der Waals surface area contributed by atoms with Crippen molar-refractivity contribution in [2.75, 3.05) is 18.4 Å². The van der Waals surface area contributed by atoms with Crippen LogP contribution in [0, 0.1) is 0 Å². The number of nitrogens with one attached hydrogen (secondary N) is 2. The van der Waals surface area contributed by atoms with E-state index >= 15 is 0 Å². The van der Waals surface area contributed by atoms with Crippen molar-refractivity contribution in [3.05, 3.63) is 18.1 Å². The fourth-order valence-electron chi connectivity index (χ4n) is 1.85. The second kappa shape index (κ2) is 8.01. The predicted octanol–water partition coefficient (Wildman–Crippen LogP) is 2.23. The van der Waals surface area contributed by atoms with Crippen LogP contribution in [0.1, 0.15) is 39.3 Å². The lowest BCUT2D eigenvalue weighted by molar-refractivity contribution is 0.478. The number of rotatable bonds is 3. The van der Waals surface area contributed by atoms with Gasteiger partial charge in [0.25, 0.3) is 0 Å². The van der Waals surface area contributed by atoms with Gasteiger partial charge in [-0.25, -0.2) is 9.97 Å². The van der Waals surface area contributed by atoms with Crippen LogP contribution in [-0.2, 0) is 6.42 Å². The van der Waals surface area contributed by atoms with Gasteiger partial charge >= 0.3 is 0 Å². The summed E-state index contributed by atoms with van der Waals surface area (Å²) in [5.74, 6) is 0.966. The Hall–Kier alpha value is -1.16. The van der Waals surface area contributed by atoms with Crippen molar-refractivity contribution in [1.82, 2.24) is 15.3 Å². The Morgan fingerprint density at radius 1 is 1.29 bits per heavy atom. The SMILES string of the molecule is CC.CCc1cc(NC2CCNCC2)ncn1. The van der Waals surface area contributed by atoms with E-state index in [1.807, 2.05) is 19.9 Å². The third kappa shape index (κ3) is 4.69. The highest BCUT2D eigenvalue weighted by molar-refractivity contribution is 5.36. The molecule has 0 spiro atoms. The van der Waals surface area contributed by atoms with Crippen LogP contribution in [0.15, 0.2) is 12.4 Å². The van der Waals surface area contributed by atoms with Crippen LogP contribution >= 0.6 is 0 Å². The fraction of sp³-hybridized carbons (Fsp3) is 0.692. The number of aryl methyl sites for hydroxylation is 1. The standard InChI is InChI=1S/C11H18N4.C2H6/c1-2-9-7-11(14-8-13-9)15-10-3-5-12-6-4-10;1-2/h7-8,10,12H,2-6H2,1H3,(H,13,14,15);1-2H3. The number of piperidine rings is 1. The van der Waals surface area contributed by atoms with Gasteiger partial charge in [-0.2, -0.15) is 0 Å². The van der Waals surface area contributed by atoms with Crippen LogP contribution in [0.2, 0.25) is 0 Å². The molecule has 1 saturated heterocycles. The Kier molecular flexibility index (Phi) is 6.55. The van der Waals surface area contributed by atoms with Gasteiger partial charge in [0.05, 0.1) is 0 Å². The third-order valence-corrected chi connectivity index (χ3v) is 2.78. The maximum Gasteiger partial charge on any atom is 0.129 e. The largest absolute Gasteiger partial charge is 0.367 e. The zero-order valence-electron chi connectivity index (χ0n) is 11.2. The van der Waals surface area contributed by atoms with Gasteiger partial charge in [-0.15, -0.1) is 0 Å². The fourth-order valence-corrected chi connectivity index (χ4v) is 1.85. The summed E-state index contributed by atoms with van der Waals surface area (Å²) in [6.07, 6.45) is 4.95. The summed E-state index contributed by atoms with van der Waals surface area (Å²) in [6, 6.07) is 2.60. The monoisotopic (exact) mass is 236 g/mol. The molecule has 0 aromatic carbocycles. The lowest BCUT2D eigenvalue weighted by atomic mass is 10.1. The molecule has 0 saturated carbocycles. The van der Waals surface area contributed by atoms with Gasteiger partial charge in [0.2, 0.25) is 0 Å². The van der Waals surface area contributed by atoms with Crippen LogP contribution in [-0.4, -0.2) is 29.1 Å². The van der Waals surface area contributed by atoms with Gasteiger partial charge in [-0.3, -0.25) is 0 Å². The zero-order chi connectivity index (χ0) is 12.5. The van der Waals surface area contributed by atoms with E-state index in [1.54, 1.807) is 6.33 Å². The average molecular weight is 236 g/mol.